The maximum atomic E-state index is 11.5. The van der Waals surface area contributed by atoms with Crippen LogP contribution >= 0.6 is 11.8 Å². The quantitative estimate of drug-likeness (QED) is 0.857. The Balaban J connectivity index is 2.30. The Morgan fingerprint density at radius 1 is 1.50 bits per heavy atom. The molecule has 0 aliphatic carbocycles. The van der Waals surface area contributed by atoms with E-state index in [-0.39, 0.29) is 6.61 Å². The summed E-state index contributed by atoms with van der Waals surface area (Å²) in [5, 5.41) is 11.4. The van der Waals surface area contributed by atoms with Gasteiger partial charge in [-0.15, -0.1) is 0 Å². The number of hydrogen-bond acceptors (Lipinski definition) is 4. The van der Waals surface area contributed by atoms with Gasteiger partial charge < -0.3 is 10.1 Å². The predicted molar refractivity (Wildman–Crippen MR) is 72.2 cm³/mol. The third-order valence-corrected chi connectivity index (χ3v) is 2.92. The van der Waals surface area contributed by atoms with Crippen molar-refractivity contribution in [3.8, 4) is 6.07 Å². The Morgan fingerprint density at radius 3 is 2.83 bits per heavy atom. The first-order valence-corrected chi connectivity index (χ1v) is 7.01. The number of ether oxygens (including phenoxy) is 1. The van der Waals surface area contributed by atoms with Crippen LogP contribution in [0.1, 0.15) is 12.0 Å². The average molecular weight is 264 g/mol. The number of hydrogen-bond donors (Lipinski definition) is 1. The van der Waals surface area contributed by atoms with Gasteiger partial charge in [0.1, 0.15) is 12.6 Å². The number of carbonyl (C=O) groups excluding carboxylic acids is 1. The molecule has 1 aromatic rings. The van der Waals surface area contributed by atoms with Gasteiger partial charge in [0.25, 0.3) is 0 Å². The second kappa shape index (κ2) is 8.43. The molecule has 0 heterocycles. The van der Waals surface area contributed by atoms with E-state index < -0.39 is 12.1 Å². The molecule has 0 aliphatic heterocycles. The average Bonchev–Trinajstić information content (AvgIpc) is 2.42. The molecule has 0 spiro atoms. The van der Waals surface area contributed by atoms with E-state index in [4.69, 9.17) is 10.00 Å². The van der Waals surface area contributed by atoms with Crippen molar-refractivity contribution in [3.63, 3.8) is 0 Å². The second-order valence-corrected chi connectivity index (χ2v) is 4.65. The second-order valence-electron chi connectivity index (χ2n) is 3.67. The minimum absolute atomic E-state index is 0.216. The highest BCUT2D eigenvalue weighted by Gasteiger charge is 2.11. The van der Waals surface area contributed by atoms with E-state index in [9.17, 15) is 4.79 Å². The standard InChI is InChI=1S/C13H16N2O2S/c1-18-8-7-12(9-14)15-13(16)17-10-11-5-3-2-4-6-11/h2-6,12H,7-8,10H2,1H3,(H,15,16)/t12-/m1/s1. The fourth-order valence-corrected chi connectivity index (χ4v) is 1.78. The van der Waals surface area contributed by atoms with Crippen LogP contribution in [0.4, 0.5) is 4.79 Å². The van der Waals surface area contributed by atoms with Crippen molar-refractivity contribution in [3.05, 3.63) is 35.9 Å². The highest BCUT2D eigenvalue weighted by molar-refractivity contribution is 7.98. The smallest absolute Gasteiger partial charge is 0.408 e. The highest BCUT2D eigenvalue weighted by Crippen LogP contribution is 2.02. The number of amides is 1. The van der Waals surface area contributed by atoms with Gasteiger partial charge in [-0.25, -0.2) is 4.79 Å². The van der Waals surface area contributed by atoms with Crippen molar-refractivity contribution in [1.29, 1.82) is 5.26 Å². The van der Waals surface area contributed by atoms with Crippen LogP contribution in [0.3, 0.4) is 0 Å². The number of alkyl carbamates (subject to hydrolysis) is 1. The zero-order valence-electron chi connectivity index (χ0n) is 10.3. The van der Waals surface area contributed by atoms with E-state index >= 15 is 0 Å². The van der Waals surface area contributed by atoms with E-state index in [0.717, 1.165) is 11.3 Å². The molecule has 0 bridgehead atoms. The Hall–Kier alpha value is -1.67. The van der Waals surface area contributed by atoms with Crippen LogP contribution in [0, 0.1) is 11.3 Å². The summed E-state index contributed by atoms with van der Waals surface area (Å²) in [6, 6.07) is 11.0. The fraction of sp³-hybridized carbons (Fsp3) is 0.385. The number of nitriles is 1. The molecule has 0 fully saturated rings. The maximum absolute atomic E-state index is 11.5. The van der Waals surface area contributed by atoms with E-state index in [2.05, 4.69) is 5.32 Å². The fourth-order valence-electron chi connectivity index (χ4n) is 1.31. The SMILES string of the molecule is CSCC[C@H](C#N)NC(=O)OCc1ccccc1. The van der Waals surface area contributed by atoms with Crippen LogP contribution < -0.4 is 5.32 Å². The maximum Gasteiger partial charge on any atom is 0.408 e. The number of nitrogens with zero attached hydrogens (tertiary/aromatic N) is 1. The molecule has 0 aliphatic rings. The number of rotatable bonds is 6. The molecular formula is C13H16N2O2S. The lowest BCUT2D eigenvalue weighted by Gasteiger charge is -2.11. The summed E-state index contributed by atoms with van der Waals surface area (Å²) in [6.07, 6.45) is 2.03. The van der Waals surface area contributed by atoms with Crippen LogP contribution in [-0.2, 0) is 11.3 Å². The molecule has 0 aromatic heterocycles. The van der Waals surface area contributed by atoms with E-state index in [1.165, 1.54) is 0 Å². The zero-order valence-corrected chi connectivity index (χ0v) is 11.1. The molecule has 0 radical (unpaired) electrons. The minimum atomic E-state index is -0.550. The summed E-state index contributed by atoms with van der Waals surface area (Å²) >= 11 is 1.64. The van der Waals surface area contributed by atoms with Crippen molar-refractivity contribution >= 4 is 17.9 Å². The van der Waals surface area contributed by atoms with E-state index in [1.807, 2.05) is 42.7 Å². The topological polar surface area (TPSA) is 62.1 Å². The Labute approximate surface area is 111 Å². The van der Waals surface area contributed by atoms with Crippen LogP contribution in [0.2, 0.25) is 0 Å². The van der Waals surface area contributed by atoms with Crippen LogP contribution in [0.15, 0.2) is 30.3 Å². The normalized spacial score (nSPS) is 11.3. The molecule has 0 saturated carbocycles. The third-order valence-electron chi connectivity index (χ3n) is 2.27. The molecule has 1 amide bonds. The molecule has 4 nitrogen and oxygen atoms in total. The van der Waals surface area contributed by atoms with Crippen molar-refractivity contribution < 1.29 is 9.53 Å². The summed E-state index contributed by atoms with van der Waals surface area (Å²) in [6.45, 7) is 0.216. The molecule has 1 atom stereocenters. The number of thioether (sulfide) groups is 1. The summed E-state index contributed by atoms with van der Waals surface area (Å²) in [7, 11) is 0. The first kappa shape index (κ1) is 14.4. The van der Waals surface area contributed by atoms with Gasteiger partial charge in [0.05, 0.1) is 6.07 Å². The lowest BCUT2D eigenvalue weighted by Crippen LogP contribution is -2.34. The Kier molecular flexibility index (Phi) is 6.74. The molecule has 1 aromatic carbocycles. The summed E-state index contributed by atoms with van der Waals surface area (Å²) in [5.41, 5.74) is 0.922. The lowest BCUT2D eigenvalue weighted by molar-refractivity contribution is 0.137. The van der Waals surface area contributed by atoms with Crippen molar-refractivity contribution in [2.24, 2.45) is 0 Å². The molecule has 1 rings (SSSR count). The van der Waals surface area contributed by atoms with Crippen molar-refractivity contribution in [1.82, 2.24) is 5.32 Å². The lowest BCUT2D eigenvalue weighted by atomic mass is 10.2. The first-order valence-electron chi connectivity index (χ1n) is 5.62. The Bertz CT molecular complexity index is 403. The number of nitrogens with one attached hydrogen (secondary N) is 1. The van der Waals surface area contributed by atoms with Crippen molar-refractivity contribution in [2.45, 2.75) is 19.1 Å². The van der Waals surface area contributed by atoms with Crippen LogP contribution in [0.25, 0.3) is 0 Å². The number of carbonyl (C=O) groups is 1. The molecule has 18 heavy (non-hydrogen) atoms. The van der Waals surface area contributed by atoms with E-state index in [1.54, 1.807) is 11.8 Å². The monoisotopic (exact) mass is 264 g/mol. The molecule has 1 N–H and O–H groups in total. The third kappa shape index (κ3) is 5.60. The first-order chi connectivity index (χ1) is 8.76. The molecule has 0 saturated heterocycles. The highest BCUT2D eigenvalue weighted by atomic mass is 32.2. The molecular weight excluding hydrogens is 248 g/mol. The van der Waals surface area contributed by atoms with Gasteiger partial charge in [-0.2, -0.15) is 17.0 Å². The molecule has 96 valence electrons. The van der Waals surface area contributed by atoms with Gasteiger partial charge in [-0.3, -0.25) is 0 Å². The predicted octanol–water partition coefficient (Wildman–Crippen LogP) is 2.56. The summed E-state index contributed by atoms with van der Waals surface area (Å²) in [5.74, 6) is 0.831. The largest absolute Gasteiger partial charge is 0.445 e. The van der Waals surface area contributed by atoms with Crippen LogP contribution in [-0.4, -0.2) is 24.1 Å². The van der Waals surface area contributed by atoms with Gasteiger partial charge in [0.2, 0.25) is 0 Å². The van der Waals surface area contributed by atoms with Gasteiger partial charge in [0, 0.05) is 0 Å². The van der Waals surface area contributed by atoms with Gasteiger partial charge in [-0.1, -0.05) is 30.3 Å². The van der Waals surface area contributed by atoms with Gasteiger partial charge in [-0.05, 0) is 24.0 Å². The van der Waals surface area contributed by atoms with Gasteiger partial charge >= 0.3 is 6.09 Å². The van der Waals surface area contributed by atoms with Gasteiger partial charge in [0.15, 0.2) is 0 Å². The summed E-state index contributed by atoms with van der Waals surface area (Å²) in [4.78, 5) is 11.5. The zero-order chi connectivity index (χ0) is 13.2. The molecule has 5 heteroatoms. The Morgan fingerprint density at radius 2 is 2.22 bits per heavy atom. The van der Waals surface area contributed by atoms with Crippen LogP contribution in [0.5, 0.6) is 0 Å². The molecule has 0 unspecified atom stereocenters. The minimum Gasteiger partial charge on any atom is -0.445 e. The number of benzene rings is 1. The van der Waals surface area contributed by atoms with Crippen molar-refractivity contribution in [2.75, 3.05) is 12.0 Å². The van der Waals surface area contributed by atoms with E-state index in [0.29, 0.717) is 6.42 Å². The summed E-state index contributed by atoms with van der Waals surface area (Å²) < 4.78 is 5.03.